The zero-order valence-electron chi connectivity index (χ0n) is 10.2. The van der Waals surface area contributed by atoms with Crippen molar-refractivity contribution in [1.82, 2.24) is 0 Å². The minimum atomic E-state index is -0.470. The van der Waals surface area contributed by atoms with Gasteiger partial charge < -0.3 is 26.4 Å². The summed E-state index contributed by atoms with van der Waals surface area (Å²) in [5.41, 5.74) is 1.20. The normalized spacial score (nSPS) is 9.50. The molecule has 0 amide bonds. The standard InChI is InChI=1S/C11H15O2.2CHO.Cr/c1-9(12)3-4-10-5-7-11(13-2)8-6-10;2*1-2;/h5-9,12H,1,3-4H2,2H3;2*1H;/q3*-1;+3. The molecule has 1 aromatic carbocycles. The van der Waals surface area contributed by atoms with Gasteiger partial charge in [-0.1, -0.05) is 24.7 Å². The first-order valence-electron chi connectivity index (χ1n) is 4.83. The van der Waals surface area contributed by atoms with Crippen LogP contribution in [0.5, 0.6) is 5.75 Å². The van der Waals surface area contributed by atoms with Crippen LogP contribution < -0.4 is 4.74 Å². The predicted octanol–water partition coefficient (Wildman–Crippen LogP) is 1.27. The molecule has 5 heteroatoms. The van der Waals surface area contributed by atoms with E-state index >= 15 is 0 Å². The number of ether oxygens (including phenoxy) is 1. The minimum Gasteiger partial charge on any atom is -0.545 e. The van der Waals surface area contributed by atoms with Gasteiger partial charge in [0.1, 0.15) is 5.75 Å². The minimum absolute atomic E-state index is 0. The van der Waals surface area contributed by atoms with E-state index in [9.17, 15) is 0 Å². The van der Waals surface area contributed by atoms with Gasteiger partial charge in [0.25, 0.3) is 0 Å². The summed E-state index contributed by atoms with van der Waals surface area (Å²) in [6.45, 7) is 10.0. The molecule has 0 saturated carbocycles. The van der Waals surface area contributed by atoms with Crippen LogP contribution in [0.4, 0.5) is 0 Å². The Balaban J connectivity index is -0.000000409. The second-order valence-electron chi connectivity index (χ2n) is 3.04. The summed E-state index contributed by atoms with van der Waals surface area (Å²) in [5.74, 6) is 0.860. The smallest absolute Gasteiger partial charge is 0.545 e. The predicted molar refractivity (Wildman–Crippen MR) is 66.2 cm³/mol. The number of aryl methyl sites for hydroxylation is 1. The van der Waals surface area contributed by atoms with E-state index in [2.05, 4.69) is 20.5 Å². The van der Waals surface area contributed by atoms with Crippen LogP contribution in [0.2, 0.25) is 0 Å². The fourth-order valence-electron chi connectivity index (χ4n) is 1.13. The Morgan fingerprint density at radius 1 is 1.22 bits per heavy atom. The molecule has 0 saturated heterocycles. The summed E-state index contributed by atoms with van der Waals surface area (Å²) in [4.78, 5) is 15.5. The molecule has 0 fully saturated rings. The van der Waals surface area contributed by atoms with E-state index in [0.29, 0.717) is 6.42 Å². The zero-order valence-corrected chi connectivity index (χ0v) is 11.5. The molecule has 0 aliphatic carbocycles. The molecule has 1 unspecified atom stereocenters. The number of benzene rings is 1. The van der Waals surface area contributed by atoms with Crippen LogP contribution in [-0.2, 0) is 33.4 Å². The summed E-state index contributed by atoms with van der Waals surface area (Å²) in [5, 5.41) is 8.98. The molecule has 0 spiro atoms. The third kappa shape index (κ3) is 11.3. The molecular weight excluding hydrogens is 272 g/mol. The Hall–Kier alpha value is -1.15. The molecule has 1 rings (SSSR count). The maximum absolute atomic E-state index is 8.98. The van der Waals surface area contributed by atoms with Crippen LogP contribution in [0, 0.1) is 6.92 Å². The number of aliphatic hydroxyl groups is 1. The summed E-state index contributed by atoms with van der Waals surface area (Å²) >= 11 is 0. The summed E-state index contributed by atoms with van der Waals surface area (Å²) in [6.07, 6.45) is 1.09. The van der Waals surface area contributed by atoms with E-state index in [1.165, 1.54) is 5.56 Å². The molecule has 1 atom stereocenters. The van der Waals surface area contributed by atoms with Crippen LogP contribution >= 0.6 is 0 Å². The third-order valence-electron chi connectivity index (χ3n) is 1.93. The zero-order chi connectivity index (χ0) is 13.7. The van der Waals surface area contributed by atoms with Crippen LogP contribution in [-0.4, -0.2) is 31.9 Å². The Labute approximate surface area is 119 Å². The van der Waals surface area contributed by atoms with Gasteiger partial charge in [-0.25, -0.2) is 0 Å². The molecular formula is C13H17CrO4. The molecule has 99 valence electrons. The number of rotatable bonds is 4. The van der Waals surface area contributed by atoms with Gasteiger partial charge >= 0.3 is 17.4 Å². The van der Waals surface area contributed by atoms with Crippen LogP contribution in [0.15, 0.2) is 24.3 Å². The number of carbonyl (C=O) groups excluding carboxylic acids is 2. The second kappa shape index (κ2) is 15.9. The van der Waals surface area contributed by atoms with E-state index in [1.54, 1.807) is 7.11 Å². The molecule has 0 heterocycles. The number of hydrogen-bond acceptors (Lipinski definition) is 4. The average Bonchev–Trinajstić information content (AvgIpc) is 2.41. The van der Waals surface area contributed by atoms with Crippen molar-refractivity contribution in [1.29, 1.82) is 0 Å². The van der Waals surface area contributed by atoms with Gasteiger partial charge in [-0.3, -0.25) is 13.6 Å². The Bertz CT molecular complexity index is 273. The second-order valence-corrected chi connectivity index (χ2v) is 3.04. The van der Waals surface area contributed by atoms with Crippen LogP contribution in [0.1, 0.15) is 12.0 Å². The molecule has 1 aromatic rings. The molecule has 1 radical (unpaired) electrons. The van der Waals surface area contributed by atoms with Crippen molar-refractivity contribution in [3.63, 3.8) is 0 Å². The van der Waals surface area contributed by atoms with Crippen molar-refractivity contribution < 1.29 is 36.8 Å². The van der Waals surface area contributed by atoms with Gasteiger partial charge in [-0.15, -0.1) is 0 Å². The van der Waals surface area contributed by atoms with Gasteiger partial charge in [0, 0.05) is 0 Å². The van der Waals surface area contributed by atoms with E-state index < -0.39 is 6.10 Å². The molecule has 0 bridgehead atoms. The molecule has 4 nitrogen and oxygen atoms in total. The molecule has 0 aliphatic heterocycles. The monoisotopic (exact) mass is 289 g/mol. The largest absolute Gasteiger partial charge is 3.00 e. The van der Waals surface area contributed by atoms with E-state index in [0.717, 1.165) is 12.2 Å². The van der Waals surface area contributed by atoms with Crippen LogP contribution in [0.25, 0.3) is 0 Å². The third-order valence-corrected chi connectivity index (χ3v) is 1.93. The fourth-order valence-corrected chi connectivity index (χ4v) is 1.13. The molecule has 18 heavy (non-hydrogen) atoms. The van der Waals surface area contributed by atoms with Crippen molar-refractivity contribution in [3.05, 3.63) is 36.8 Å². The summed E-state index contributed by atoms with van der Waals surface area (Å²) < 4.78 is 5.03. The van der Waals surface area contributed by atoms with Crippen molar-refractivity contribution in [3.8, 4) is 5.75 Å². The van der Waals surface area contributed by atoms with E-state index in [1.807, 2.05) is 24.3 Å². The van der Waals surface area contributed by atoms with Gasteiger partial charge in [0.2, 0.25) is 0 Å². The van der Waals surface area contributed by atoms with Crippen LogP contribution in [0.3, 0.4) is 0 Å². The number of hydrogen-bond donors (Lipinski definition) is 1. The number of methoxy groups -OCH3 is 1. The quantitative estimate of drug-likeness (QED) is 0.670. The van der Waals surface area contributed by atoms with Crippen molar-refractivity contribution in [2.75, 3.05) is 7.11 Å². The SMILES string of the molecule is [CH-]=O.[CH-]=O.[CH2-]C(O)CCc1ccc(OC)cc1.[Cr+3]. The van der Waals surface area contributed by atoms with E-state index in [4.69, 9.17) is 19.4 Å². The Morgan fingerprint density at radius 2 is 1.67 bits per heavy atom. The van der Waals surface area contributed by atoms with Crippen molar-refractivity contribution >= 4 is 13.6 Å². The molecule has 1 N–H and O–H groups in total. The maximum atomic E-state index is 8.98. The topological polar surface area (TPSA) is 63.6 Å². The van der Waals surface area contributed by atoms with Gasteiger partial charge in [0.05, 0.1) is 7.11 Å². The fraction of sp³-hybridized carbons (Fsp3) is 0.308. The van der Waals surface area contributed by atoms with Crippen molar-refractivity contribution in [2.45, 2.75) is 18.9 Å². The summed E-state index contributed by atoms with van der Waals surface area (Å²) in [7, 11) is 1.65. The number of aliphatic hydroxyl groups excluding tert-OH is 1. The summed E-state index contributed by atoms with van der Waals surface area (Å²) in [6, 6.07) is 7.85. The first-order valence-corrected chi connectivity index (χ1v) is 4.83. The van der Waals surface area contributed by atoms with Gasteiger partial charge in [-0.05, 0) is 24.1 Å². The maximum Gasteiger partial charge on any atom is 3.00 e. The van der Waals surface area contributed by atoms with Gasteiger partial charge in [-0.2, -0.15) is 0 Å². The Kier molecular flexibility index (Phi) is 19.4. The molecule has 0 aliphatic rings. The first-order chi connectivity index (χ1) is 8.22. The van der Waals surface area contributed by atoms with Crippen molar-refractivity contribution in [2.24, 2.45) is 0 Å². The average molecular weight is 289 g/mol. The first kappa shape index (κ1) is 22.1. The Morgan fingerprint density at radius 3 is 2.00 bits per heavy atom. The van der Waals surface area contributed by atoms with Gasteiger partial charge in [0.15, 0.2) is 0 Å². The van der Waals surface area contributed by atoms with E-state index in [-0.39, 0.29) is 17.4 Å². The molecule has 0 aromatic heterocycles.